The summed E-state index contributed by atoms with van der Waals surface area (Å²) in [7, 11) is 2.11. The third-order valence-corrected chi connectivity index (χ3v) is 6.03. The van der Waals surface area contributed by atoms with Crippen LogP contribution in [0.5, 0.6) is 11.5 Å². The summed E-state index contributed by atoms with van der Waals surface area (Å²) in [6, 6.07) is 16.2. The van der Waals surface area contributed by atoms with Gasteiger partial charge in [-0.3, -0.25) is 0 Å². The number of rotatable bonds is 5. The number of para-hydroxylation sites is 4. The zero-order valence-electron chi connectivity index (χ0n) is 16.9. The van der Waals surface area contributed by atoms with Crippen molar-refractivity contribution in [3.05, 3.63) is 48.5 Å². The molecule has 6 heteroatoms. The number of nitrogens with one attached hydrogen (secondary N) is 1. The highest BCUT2D eigenvalue weighted by Gasteiger charge is 2.24. The maximum atomic E-state index is 6.03. The smallest absolute Gasteiger partial charge is 0.206 e. The fraction of sp³-hybridized carbons (Fsp3) is 0.435. The van der Waals surface area contributed by atoms with Crippen LogP contribution in [0, 0.1) is 5.92 Å². The van der Waals surface area contributed by atoms with Crippen molar-refractivity contribution in [3.8, 4) is 11.5 Å². The van der Waals surface area contributed by atoms with Crippen LogP contribution in [0.2, 0.25) is 0 Å². The number of fused-ring (bicyclic) bond motifs is 2. The third-order valence-electron chi connectivity index (χ3n) is 6.03. The number of aromatic nitrogens is 2. The Morgan fingerprint density at radius 1 is 1.00 bits per heavy atom. The number of ether oxygens (including phenoxy) is 2. The monoisotopic (exact) mass is 392 g/mol. The lowest BCUT2D eigenvalue weighted by Crippen LogP contribution is -2.42. The summed E-state index contributed by atoms with van der Waals surface area (Å²) in [5.41, 5.74) is 2.27. The molecule has 0 radical (unpaired) electrons. The normalized spacial score (nSPS) is 19.6. The zero-order chi connectivity index (χ0) is 19.6. The fourth-order valence-electron chi connectivity index (χ4n) is 4.36. The van der Waals surface area contributed by atoms with Crippen molar-refractivity contribution in [2.45, 2.75) is 18.9 Å². The summed E-state index contributed by atoms with van der Waals surface area (Å²) >= 11 is 0. The van der Waals surface area contributed by atoms with Crippen LogP contribution >= 0.6 is 0 Å². The topological polar surface area (TPSA) is 51.5 Å². The molecule has 0 bridgehead atoms. The molecule has 0 saturated carbocycles. The SMILES string of the molecule is Cn1c(N2CCC(CNCC3COc4ccccc4O3)CC2)nc2ccccc21. The van der Waals surface area contributed by atoms with E-state index in [0.29, 0.717) is 12.5 Å². The van der Waals surface area contributed by atoms with Crippen LogP contribution in [0.15, 0.2) is 48.5 Å². The van der Waals surface area contributed by atoms with Crippen molar-refractivity contribution in [1.82, 2.24) is 14.9 Å². The molecular weight excluding hydrogens is 364 g/mol. The lowest BCUT2D eigenvalue weighted by atomic mass is 9.97. The zero-order valence-corrected chi connectivity index (χ0v) is 16.9. The fourth-order valence-corrected chi connectivity index (χ4v) is 4.36. The third kappa shape index (κ3) is 3.77. The first-order valence-electron chi connectivity index (χ1n) is 10.5. The van der Waals surface area contributed by atoms with E-state index in [4.69, 9.17) is 14.5 Å². The maximum Gasteiger partial charge on any atom is 0.206 e. The van der Waals surface area contributed by atoms with Gasteiger partial charge in [0.15, 0.2) is 11.5 Å². The van der Waals surface area contributed by atoms with E-state index in [2.05, 4.69) is 46.1 Å². The molecule has 1 unspecified atom stereocenters. The Labute approximate surface area is 171 Å². The minimum Gasteiger partial charge on any atom is -0.486 e. The predicted octanol–water partition coefficient (Wildman–Crippen LogP) is 3.22. The molecule has 0 aliphatic carbocycles. The predicted molar refractivity (Wildman–Crippen MR) is 115 cm³/mol. The first kappa shape index (κ1) is 18.3. The van der Waals surface area contributed by atoms with Crippen LogP contribution in [0.3, 0.4) is 0 Å². The molecule has 152 valence electrons. The number of nitrogens with zero attached hydrogens (tertiary/aromatic N) is 3. The van der Waals surface area contributed by atoms with E-state index in [1.54, 1.807) is 0 Å². The highest BCUT2D eigenvalue weighted by Crippen LogP contribution is 2.31. The van der Waals surface area contributed by atoms with Crippen LogP contribution < -0.4 is 19.7 Å². The van der Waals surface area contributed by atoms with Gasteiger partial charge < -0.3 is 24.3 Å². The van der Waals surface area contributed by atoms with E-state index in [9.17, 15) is 0 Å². The van der Waals surface area contributed by atoms with Gasteiger partial charge in [-0.05, 0) is 49.6 Å². The Morgan fingerprint density at radius 3 is 2.59 bits per heavy atom. The van der Waals surface area contributed by atoms with Crippen molar-refractivity contribution >= 4 is 17.0 Å². The van der Waals surface area contributed by atoms with Gasteiger partial charge in [0, 0.05) is 26.7 Å². The van der Waals surface area contributed by atoms with Gasteiger partial charge in [-0.15, -0.1) is 0 Å². The molecule has 6 nitrogen and oxygen atoms in total. The summed E-state index contributed by atoms with van der Waals surface area (Å²) in [4.78, 5) is 7.27. The average molecular weight is 393 g/mol. The van der Waals surface area contributed by atoms with Gasteiger partial charge in [-0.1, -0.05) is 24.3 Å². The quantitative estimate of drug-likeness (QED) is 0.723. The Bertz CT molecular complexity index is 978. The van der Waals surface area contributed by atoms with Gasteiger partial charge >= 0.3 is 0 Å². The van der Waals surface area contributed by atoms with Gasteiger partial charge in [0.25, 0.3) is 0 Å². The van der Waals surface area contributed by atoms with Crippen LogP contribution in [0.1, 0.15) is 12.8 Å². The van der Waals surface area contributed by atoms with Crippen LogP contribution in [-0.2, 0) is 7.05 Å². The van der Waals surface area contributed by atoms with E-state index < -0.39 is 0 Å². The van der Waals surface area contributed by atoms with Gasteiger partial charge in [-0.25, -0.2) is 4.98 Å². The Kier molecular flexibility index (Phi) is 5.02. The van der Waals surface area contributed by atoms with E-state index in [1.807, 2.05) is 24.3 Å². The minimum absolute atomic E-state index is 0.0741. The van der Waals surface area contributed by atoms with Crippen molar-refractivity contribution in [1.29, 1.82) is 0 Å². The standard InChI is InChI=1S/C23H28N4O2/c1-26-20-7-3-2-6-19(20)25-23(26)27-12-10-17(11-13-27)14-24-15-18-16-28-21-8-4-5-9-22(21)29-18/h2-9,17-18,24H,10-16H2,1H3. The van der Waals surface area contributed by atoms with E-state index >= 15 is 0 Å². The summed E-state index contributed by atoms with van der Waals surface area (Å²) < 4.78 is 14.0. The number of hydrogen-bond donors (Lipinski definition) is 1. The second kappa shape index (κ2) is 7.95. The Hall–Kier alpha value is -2.73. The molecule has 0 spiro atoms. The molecule has 1 N–H and O–H groups in total. The Balaban J connectivity index is 1.10. The van der Waals surface area contributed by atoms with Gasteiger partial charge in [0.2, 0.25) is 5.95 Å². The van der Waals surface area contributed by atoms with Crippen molar-refractivity contribution in [2.24, 2.45) is 13.0 Å². The number of piperidine rings is 1. The molecule has 3 heterocycles. The molecule has 1 saturated heterocycles. The van der Waals surface area contributed by atoms with Crippen LogP contribution in [0.25, 0.3) is 11.0 Å². The molecule has 2 aliphatic heterocycles. The number of anilines is 1. The second-order valence-corrected chi connectivity index (χ2v) is 8.05. The number of benzene rings is 2. The van der Waals surface area contributed by atoms with Gasteiger partial charge in [-0.2, -0.15) is 0 Å². The van der Waals surface area contributed by atoms with Gasteiger partial charge in [0.1, 0.15) is 12.7 Å². The van der Waals surface area contributed by atoms with Crippen molar-refractivity contribution in [2.75, 3.05) is 37.7 Å². The minimum atomic E-state index is 0.0741. The van der Waals surface area contributed by atoms with Crippen LogP contribution in [-0.4, -0.2) is 48.4 Å². The number of hydrogen-bond acceptors (Lipinski definition) is 5. The summed E-state index contributed by atoms with van der Waals surface area (Å²) in [6.07, 6.45) is 2.44. The highest BCUT2D eigenvalue weighted by atomic mass is 16.6. The van der Waals surface area contributed by atoms with Crippen molar-refractivity contribution < 1.29 is 9.47 Å². The molecule has 2 aliphatic rings. The van der Waals surface area contributed by atoms with Crippen molar-refractivity contribution in [3.63, 3.8) is 0 Å². The van der Waals surface area contributed by atoms with Crippen LogP contribution in [0.4, 0.5) is 5.95 Å². The summed E-state index contributed by atoms with van der Waals surface area (Å²) in [5, 5.41) is 3.60. The average Bonchev–Trinajstić information content (AvgIpc) is 3.11. The largest absolute Gasteiger partial charge is 0.486 e. The molecule has 2 aromatic carbocycles. The lowest BCUT2D eigenvalue weighted by molar-refractivity contribution is 0.0894. The number of imidazole rings is 1. The molecule has 1 atom stereocenters. The Morgan fingerprint density at radius 2 is 1.76 bits per heavy atom. The number of aryl methyl sites for hydroxylation is 1. The summed E-state index contributed by atoms with van der Waals surface area (Å²) in [5.74, 6) is 3.47. The van der Waals surface area contributed by atoms with Gasteiger partial charge in [0.05, 0.1) is 11.0 Å². The summed E-state index contributed by atoms with van der Waals surface area (Å²) in [6.45, 7) is 4.56. The second-order valence-electron chi connectivity index (χ2n) is 8.05. The van der Waals surface area contributed by atoms with E-state index in [-0.39, 0.29) is 6.10 Å². The molecule has 3 aromatic rings. The van der Waals surface area contributed by atoms with E-state index in [0.717, 1.165) is 49.1 Å². The highest BCUT2D eigenvalue weighted by molar-refractivity contribution is 5.78. The molecule has 1 aromatic heterocycles. The first-order valence-corrected chi connectivity index (χ1v) is 10.5. The maximum absolute atomic E-state index is 6.03. The molecule has 1 fully saturated rings. The molecule has 5 rings (SSSR count). The molecular formula is C23H28N4O2. The van der Waals surface area contributed by atoms with E-state index in [1.165, 1.54) is 18.4 Å². The molecule has 0 amide bonds. The lowest BCUT2D eigenvalue weighted by Gasteiger charge is -2.33. The molecule has 29 heavy (non-hydrogen) atoms. The first-order chi connectivity index (χ1) is 14.3.